The number of hydrogen-bond donors (Lipinski definition) is 0. The van der Waals surface area contributed by atoms with Gasteiger partial charge in [-0.15, -0.1) is 11.6 Å². The molecule has 1 aliphatic rings. The predicted octanol–water partition coefficient (Wildman–Crippen LogP) is 2.44. The maximum absolute atomic E-state index is 5.98. The molecule has 15 heavy (non-hydrogen) atoms. The average Bonchev–Trinajstić information content (AvgIpc) is 2.60. The second kappa shape index (κ2) is 4.54. The van der Waals surface area contributed by atoms with Crippen molar-refractivity contribution >= 4 is 11.6 Å². The molecular weight excluding hydrogens is 212 g/mol. The number of aromatic nitrogens is 2. The Morgan fingerprint density at radius 1 is 1.67 bits per heavy atom. The minimum Gasteiger partial charge on any atom is -0.373 e. The van der Waals surface area contributed by atoms with Crippen LogP contribution in [0.5, 0.6) is 0 Å². The van der Waals surface area contributed by atoms with Crippen LogP contribution in [0, 0.1) is 12.8 Å². The molecule has 3 nitrogen and oxygen atoms in total. The van der Waals surface area contributed by atoms with E-state index in [1.54, 1.807) is 0 Å². The van der Waals surface area contributed by atoms with Gasteiger partial charge in [0.15, 0.2) is 0 Å². The smallest absolute Gasteiger partial charge is 0.0897 e. The molecule has 1 aromatic rings. The van der Waals surface area contributed by atoms with Gasteiger partial charge in [0.1, 0.15) is 0 Å². The fraction of sp³-hybridized carbons (Fsp3) is 0.727. The number of rotatable bonds is 2. The van der Waals surface area contributed by atoms with Gasteiger partial charge < -0.3 is 4.74 Å². The Labute approximate surface area is 95.4 Å². The van der Waals surface area contributed by atoms with E-state index < -0.39 is 0 Å². The van der Waals surface area contributed by atoms with Crippen molar-refractivity contribution in [1.82, 2.24) is 9.78 Å². The van der Waals surface area contributed by atoms with Crippen LogP contribution in [-0.2, 0) is 11.8 Å². The fourth-order valence-corrected chi connectivity index (χ4v) is 2.46. The highest BCUT2D eigenvalue weighted by molar-refractivity contribution is 6.18. The van der Waals surface area contributed by atoms with E-state index in [2.05, 4.69) is 12.0 Å². The Hall–Kier alpha value is -0.540. The summed E-state index contributed by atoms with van der Waals surface area (Å²) in [4.78, 5) is 0. The second-order valence-electron chi connectivity index (χ2n) is 4.16. The maximum Gasteiger partial charge on any atom is 0.0897 e. The van der Waals surface area contributed by atoms with Crippen LogP contribution in [0.15, 0.2) is 6.20 Å². The van der Waals surface area contributed by atoms with Crippen molar-refractivity contribution in [3.63, 3.8) is 0 Å². The fourth-order valence-electron chi connectivity index (χ4n) is 2.14. The van der Waals surface area contributed by atoms with Crippen molar-refractivity contribution < 1.29 is 4.74 Å². The zero-order valence-corrected chi connectivity index (χ0v) is 10.00. The summed E-state index contributed by atoms with van der Waals surface area (Å²) in [6, 6.07) is 0. The number of alkyl halides is 1. The Bertz CT molecular complexity index is 337. The maximum atomic E-state index is 5.98. The standard InChI is InChI=1S/C11H17ClN2O/c1-8-10(7-13-14(8)2)11-9(6-12)4-3-5-15-11/h7,9,11H,3-6H2,1-2H3. The molecule has 0 radical (unpaired) electrons. The van der Waals surface area contributed by atoms with Crippen molar-refractivity contribution in [2.24, 2.45) is 13.0 Å². The number of aryl methyl sites for hydroxylation is 1. The molecule has 0 saturated carbocycles. The van der Waals surface area contributed by atoms with Crippen LogP contribution in [0.25, 0.3) is 0 Å². The molecule has 84 valence electrons. The Morgan fingerprint density at radius 2 is 2.47 bits per heavy atom. The lowest BCUT2D eigenvalue weighted by atomic mass is 9.91. The summed E-state index contributed by atoms with van der Waals surface area (Å²) in [5.41, 5.74) is 2.37. The van der Waals surface area contributed by atoms with Gasteiger partial charge in [0.25, 0.3) is 0 Å². The van der Waals surface area contributed by atoms with Gasteiger partial charge in [0.05, 0.1) is 12.3 Å². The van der Waals surface area contributed by atoms with Crippen molar-refractivity contribution in [1.29, 1.82) is 0 Å². The highest BCUT2D eigenvalue weighted by Gasteiger charge is 2.29. The zero-order chi connectivity index (χ0) is 10.8. The summed E-state index contributed by atoms with van der Waals surface area (Å²) in [5, 5.41) is 4.25. The molecular formula is C11H17ClN2O. The molecule has 0 aromatic carbocycles. The second-order valence-corrected chi connectivity index (χ2v) is 4.47. The molecule has 1 fully saturated rings. The van der Waals surface area contributed by atoms with Gasteiger partial charge in [-0.2, -0.15) is 5.10 Å². The van der Waals surface area contributed by atoms with Gasteiger partial charge in [-0.05, 0) is 19.8 Å². The van der Waals surface area contributed by atoms with E-state index in [-0.39, 0.29) is 6.10 Å². The van der Waals surface area contributed by atoms with Gasteiger partial charge in [-0.3, -0.25) is 4.68 Å². The topological polar surface area (TPSA) is 27.1 Å². The summed E-state index contributed by atoms with van der Waals surface area (Å²) in [6.45, 7) is 2.91. The Kier molecular flexibility index (Phi) is 3.32. The first kappa shape index (κ1) is 11.0. The largest absolute Gasteiger partial charge is 0.373 e. The van der Waals surface area contributed by atoms with E-state index in [0.29, 0.717) is 11.8 Å². The van der Waals surface area contributed by atoms with Crippen LogP contribution in [0.3, 0.4) is 0 Å². The van der Waals surface area contributed by atoms with Crippen LogP contribution in [0.4, 0.5) is 0 Å². The number of ether oxygens (including phenoxy) is 1. The third-order valence-corrected chi connectivity index (χ3v) is 3.62. The van der Waals surface area contributed by atoms with Crippen molar-refractivity contribution in [3.8, 4) is 0 Å². The molecule has 0 amide bonds. The molecule has 1 saturated heterocycles. The van der Waals surface area contributed by atoms with Gasteiger partial charge in [0, 0.05) is 36.7 Å². The molecule has 2 heterocycles. The molecule has 1 aliphatic heterocycles. The highest BCUT2D eigenvalue weighted by Crippen LogP contribution is 2.35. The molecule has 0 N–H and O–H groups in total. The normalized spacial score (nSPS) is 26.9. The highest BCUT2D eigenvalue weighted by atomic mass is 35.5. The molecule has 0 spiro atoms. The van der Waals surface area contributed by atoms with Crippen LogP contribution < -0.4 is 0 Å². The van der Waals surface area contributed by atoms with Gasteiger partial charge in [-0.1, -0.05) is 0 Å². The molecule has 2 rings (SSSR count). The molecule has 1 aromatic heterocycles. The van der Waals surface area contributed by atoms with Gasteiger partial charge in [0.2, 0.25) is 0 Å². The number of halogens is 1. The van der Waals surface area contributed by atoms with Gasteiger partial charge in [-0.25, -0.2) is 0 Å². The van der Waals surface area contributed by atoms with E-state index >= 15 is 0 Å². The first-order chi connectivity index (χ1) is 7.24. The summed E-state index contributed by atoms with van der Waals surface area (Å²) < 4.78 is 7.71. The van der Waals surface area contributed by atoms with E-state index in [0.717, 1.165) is 19.4 Å². The van der Waals surface area contributed by atoms with Crippen molar-refractivity contribution in [2.75, 3.05) is 12.5 Å². The summed E-state index contributed by atoms with van der Waals surface area (Å²) in [6.07, 6.45) is 4.32. The quantitative estimate of drug-likeness (QED) is 0.727. The predicted molar refractivity (Wildman–Crippen MR) is 60.1 cm³/mol. The van der Waals surface area contributed by atoms with Crippen LogP contribution in [-0.4, -0.2) is 22.3 Å². The zero-order valence-electron chi connectivity index (χ0n) is 9.24. The van der Waals surface area contributed by atoms with Crippen LogP contribution in [0.1, 0.15) is 30.2 Å². The minimum atomic E-state index is 0.143. The first-order valence-corrected chi connectivity index (χ1v) is 5.93. The third kappa shape index (κ3) is 2.04. The van der Waals surface area contributed by atoms with Crippen molar-refractivity contribution in [2.45, 2.75) is 25.9 Å². The first-order valence-electron chi connectivity index (χ1n) is 5.40. The number of hydrogen-bond acceptors (Lipinski definition) is 2. The summed E-state index contributed by atoms with van der Waals surface area (Å²) >= 11 is 5.98. The van der Waals surface area contributed by atoms with Crippen LogP contribution >= 0.6 is 11.6 Å². The average molecular weight is 229 g/mol. The molecule has 0 aliphatic carbocycles. The summed E-state index contributed by atoms with van der Waals surface area (Å²) in [5.74, 6) is 1.10. The SMILES string of the molecule is Cc1c(C2OCCCC2CCl)cnn1C. The van der Waals surface area contributed by atoms with Crippen molar-refractivity contribution in [3.05, 3.63) is 17.5 Å². The summed E-state index contributed by atoms with van der Waals surface area (Å²) in [7, 11) is 1.96. The lowest BCUT2D eigenvalue weighted by Crippen LogP contribution is -2.24. The molecule has 4 heteroatoms. The minimum absolute atomic E-state index is 0.143. The molecule has 0 bridgehead atoms. The van der Waals surface area contributed by atoms with E-state index in [9.17, 15) is 0 Å². The molecule has 2 atom stereocenters. The van der Waals surface area contributed by atoms with Crippen LogP contribution in [0.2, 0.25) is 0 Å². The lowest BCUT2D eigenvalue weighted by molar-refractivity contribution is -0.0212. The van der Waals surface area contributed by atoms with E-state index in [1.165, 1.54) is 11.3 Å². The molecule has 2 unspecified atom stereocenters. The van der Waals surface area contributed by atoms with Gasteiger partial charge >= 0.3 is 0 Å². The Morgan fingerprint density at radius 3 is 3.07 bits per heavy atom. The third-order valence-electron chi connectivity index (χ3n) is 3.22. The lowest BCUT2D eigenvalue weighted by Gasteiger charge is -2.30. The van der Waals surface area contributed by atoms with E-state index in [4.69, 9.17) is 16.3 Å². The van der Waals surface area contributed by atoms with E-state index in [1.807, 2.05) is 17.9 Å². The monoisotopic (exact) mass is 228 g/mol. The Balaban J connectivity index is 2.24. The number of nitrogens with zero attached hydrogens (tertiary/aromatic N) is 2.